The van der Waals surface area contributed by atoms with Crippen LogP contribution in [0.1, 0.15) is 24.5 Å². The van der Waals surface area contributed by atoms with Gasteiger partial charge in [0.05, 0.1) is 17.0 Å². The first-order valence-electron chi connectivity index (χ1n) is 8.35. The molecule has 1 heterocycles. The standard InChI is InChI=1S/C17H27N3O3S2.HI/c1-4-18-16(20-11-17(21)7-8-24-12-17)19-10-14-5-6-15(13(2)9-14)25(3,22)23;/h5-6,9,21H,4,7-8,10-12H2,1-3H3,(H2,18,19,20);1H. The van der Waals surface area contributed by atoms with E-state index in [1.165, 1.54) is 6.26 Å². The molecule has 0 bridgehead atoms. The van der Waals surface area contributed by atoms with Crippen molar-refractivity contribution in [2.75, 3.05) is 30.9 Å². The van der Waals surface area contributed by atoms with Crippen LogP contribution in [0.2, 0.25) is 0 Å². The molecule has 2 rings (SSSR count). The fraction of sp³-hybridized carbons (Fsp3) is 0.588. The maximum Gasteiger partial charge on any atom is 0.191 e. The minimum atomic E-state index is -3.21. The van der Waals surface area contributed by atoms with Crippen molar-refractivity contribution in [3.05, 3.63) is 29.3 Å². The smallest absolute Gasteiger partial charge is 0.191 e. The van der Waals surface area contributed by atoms with Gasteiger partial charge in [0.15, 0.2) is 15.8 Å². The molecule has 9 heteroatoms. The van der Waals surface area contributed by atoms with Crippen molar-refractivity contribution in [1.29, 1.82) is 0 Å². The van der Waals surface area contributed by atoms with Gasteiger partial charge in [0.25, 0.3) is 0 Å². The molecule has 1 saturated heterocycles. The average Bonchev–Trinajstić information content (AvgIpc) is 2.96. The Morgan fingerprint density at radius 1 is 1.38 bits per heavy atom. The van der Waals surface area contributed by atoms with Gasteiger partial charge in [-0.3, -0.25) is 0 Å². The molecule has 1 aromatic rings. The van der Waals surface area contributed by atoms with E-state index in [1.54, 1.807) is 30.8 Å². The van der Waals surface area contributed by atoms with E-state index >= 15 is 0 Å². The second-order valence-electron chi connectivity index (χ2n) is 6.45. The molecule has 26 heavy (non-hydrogen) atoms. The number of hydrogen-bond donors (Lipinski definition) is 3. The molecule has 0 radical (unpaired) electrons. The van der Waals surface area contributed by atoms with E-state index in [2.05, 4.69) is 15.6 Å². The lowest BCUT2D eigenvalue weighted by molar-refractivity contribution is 0.0724. The molecule has 0 aliphatic carbocycles. The number of benzene rings is 1. The monoisotopic (exact) mass is 513 g/mol. The summed E-state index contributed by atoms with van der Waals surface area (Å²) in [7, 11) is -3.21. The molecular weight excluding hydrogens is 485 g/mol. The Bertz CT molecular complexity index is 733. The summed E-state index contributed by atoms with van der Waals surface area (Å²) in [6, 6.07) is 5.27. The number of halogens is 1. The molecule has 0 spiro atoms. The van der Waals surface area contributed by atoms with Gasteiger partial charge in [-0.1, -0.05) is 12.1 Å². The maximum atomic E-state index is 11.7. The second kappa shape index (κ2) is 10.1. The lowest BCUT2D eigenvalue weighted by Crippen LogP contribution is -2.47. The summed E-state index contributed by atoms with van der Waals surface area (Å²) in [6.45, 7) is 5.42. The molecule has 1 atom stereocenters. The third-order valence-electron chi connectivity index (χ3n) is 4.07. The summed E-state index contributed by atoms with van der Waals surface area (Å²) >= 11 is 1.76. The first-order valence-corrected chi connectivity index (χ1v) is 11.4. The molecule has 1 aromatic carbocycles. The van der Waals surface area contributed by atoms with Crippen LogP contribution in [-0.4, -0.2) is 55.9 Å². The molecule has 1 fully saturated rings. The van der Waals surface area contributed by atoms with Crippen LogP contribution < -0.4 is 10.6 Å². The van der Waals surface area contributed by atoms with Crippen LogP contribution in [0.25, 0.3) is 0 Å². The molecule has 0 amide bonds. The Morgan fingerprint density at radius 3 is 2.65 bits per heavy atom. The predicted octanol–water partition coefficient (Wildman–Crippen LogP) is 1.94. The maximum absolute atomic E-state index is 11.7. The van der Waals surface area contributed by atoms with E-state index < -0.39 is 15.4 Å². The summed E-state index contributed by atoms with van der Waals surface area (Å²) in [5, 5.41) is 16.8. The van der Waals surface area contributed by atoms with Crippen molar-refractivity contribution in [2.45, 2.75) is 37.3 Å². The first-order chi connectivity index (χ1) is 11.7. The summed E-state index contributed by atoms with van der Waals surface area (Å²) < 4.78 is 23.4. The molecule has 0 aromatic heterocycles. The molecule has 3 N–H and O–H groups in total. The SMILES string of the molecule is CCNC(=NCc1ccc(S(C)(=O)=O)c(C)c1)NCC1(O)CCSC1.I. The van der Waals surface area contributed by atoms with Crippen molar-refractivity contribution in [2.24, 2.45) is 4.99 Å². The summed E-state index contributed by atoms with van der Waals surface area (Å²) in [5.41, 5.74) is 0.997. The van der Waals surface area contributed by atoms with Gasteiger partial charge in [-0.25, -0.2) is 13.4 Å². The van der Waals surface area contributed by atoms with Gasteiger partial charge in [0, 0.05) is 25.1 Å². The average molecular weight is 513 g/mol. The quantitative estimate of drug-likeness (QED) is 0.306. The first kappa shape index (κ1) is 23.5. The minimum Gasteiger partial charge on any atom is -0.387 e. The molecule has 148 valence electrons. The van der Waals surface area contributed by atoms with Gasteiger partial charge < -0.3 is 15.7 Å². The van der Waals surface area contributed by atoms with E-state index in [1.807, 2.05) is 13.0 Å². The number of aliphatic imine (C=N–C) groups is 1. The Morgan fingerprint density at radius 2 is 2.12 bits per heavy atom. The highest BCUT2D eigenvalue weighted by atomic mass is 127. The van der Waals surface area contributed by atoms with Gasteiger partial charge in [0.1, 0.15) is 0 Å². The lowest BCUT2D eigenvalue weighted by Gasteiger charge is -2.23. The number of aryl methyl sites for hydroxylation is 1. The number of thioether (sulfide) groups is 1. The summed E-state index contributed by atoms with van der Waals surface area (Å²) in [4.78, 5) is 4.89. The zero-order valence-electron chi connectivity index (χ0n) is 15.4. The number of rotatable bonds is 6. The second-order valence-corrected chi connectivity index (χ2v) is 9.54. The highest BCUT2D eigenvalue weighted by Crippen LogP contribution is 2.26. The summed E-state index contributed by atoms with van der Waals surface area (Å²) in [6.07, 6.45) is 2.00. The zero-order valence-corrected chi connectivity index (χ0v) is 19.4. The van der Waals surface area contributed by atoms with Crippen molar-refractivity contribution in [3.8, 4) is 0 Å². The number of nitrogens with one attached hydrogen (secondary N) is 2. The van der Waals surface area contributed by atoms with Gasteiger partial charge in [0.2, 0.25) is 0 Å². The predicted molar refractivity (Wildman–Crippen MR) is 119 cm³/mol. The van der Waals surface area contributed by atoms with Crippen molar-refractivity contribution in [1.82, 2.24) is 10.6 Å². The number of sulfone groups is 1. The van der Waals surface area contributed by atoms with Crippen LogP contribution in [0.5, 0.6) is 0 Å². The minimum absolute atomic E-state index is 0. The summed E-state index contributed by atoms with van der Waals surface area (Å²) in [5.74, 6) is 2.38. The largest absolute Gasteiger partial charge is 0.387 e. The van der Waals surface area contributed by atoms with Crippen LogP contribution in [0.3, 0.4) is 0 Å². The van der Waals surface area contributed by atoms with E-state index in [9.17, 15) is 13.5 Å². The normalized spacial score (nSPS) is 20.5. The zero-order chi connectivity index (χ0) is 18.5. The highest BCUT2D eigenvalue weighted by Gasteiger charge is 2.31. The third-order valence-corrected chi connectivity index (χ3v) is 6.56. The fourth-order valence-corrected chi connectivity index (χ4v) is 4.98. The molecule has 6 nitrogen and oxygen atoms in total. The number of nitrogens with zero attached hydrogens (tertiary/aromatic N) is 1. The van der Waals surface area contributed by atoms with E-state index in [0.717, 1.165) is 35.6 Å². The van der Waals surface area contributed by atoms with Crippen LogP contribution in [0.15, 0.2) is 28.1 Å². The van der Waals surface area contributed by atoms with Crippen molar-refractivity contribution in [3.63, 3.8) is 0 Å². The van der Waals surface area contributed by atoms with Crippen LogP contribution in [-0.2, 0) is 16.4 Å². The van der Waals surface area contributed by atoms with Crippen molar-refractivity contribution >= 4 is 51.5 Å². The van der Waals surface area contributed by atoms with E-state index in [4.69, 9.17) is 0 Å². The van der Waals surface area contributed by atoms with Crippen LogP contribution in [0, 0.1) is 6.92 Å². The lowest BCUT2D eigenvalue weighted by atomic mass is 10.0. The molecular formula is C17H28IN3O3S2. The molecule has 1 aliphatic heterocycles. The third kappa shape index (κ3) is 6.90. The van der Waals surface area contributed by atoms with Gasteiger partial charge >= 0.3 is 0 Å². The molecule has 0 saturated carbocycles. The number of hydrogen-bond acceptors (Lipinski definition) is 5. The number of aliphatic hydroxyl groups is 1. The topological polar surface area (TPSA) is 90.8 Å². The van der Waals surface area contributed by atoms with E-state index in [0.29, 0.717) is 23.9 Å². The van der Waals surface area contributed by atoms with Crippen molar-refractivity contribution < 1.29 is 13.5 Å². The fourth-order valence-electron chi connectivity index (χ4n) is 2.72. The Kier molecular flexibility index (Phi) is 9.17. The Balaban J connectivity index is 0.00000338. The number of guanidine groups is 1. The van der Waals surface area contributed by atoms with E-state index in [-0.39, 0.29) is 24.0 Å². The Hall–Kier alpha value is -0.520. The molecule has 1 unspecified atom stereocenters. The van der Waals surface area contributed by atoms with Crippen LogP contribution >= 0.6 is 35.7 Å². The van der Waals surface area contributed by atoms with Crippen LogP contribution in [0.4, 0.5) is 0 Å². The highest BCUT2D eigenvalue weighted by molar-refractivity contribution is 14.0. The van der Waals surface area contributed by atoms with Gasteiger partial charge in [-0.2, -0.15) is 11.8 Å². The van der Waals surface area contributed by atoms with Gasteiger partial charge in [-0.15, -0.1) is 24.0 Å². The van der Waals surface area contributed by atoms with Gasteiger partial charge in [-0.05, 0) is 43.2 Å². The Labute approximate surface area is 177 Å². The molecule has 1 aliphatic rings.